The third-order valence-electron chi connectivity index (χ3n) is 5.98. The maximum absolute atomic E-state index is 12.6. The molecular formula is C30H17Cl3N2O3. The molecule has 4 aromatic carbocycles. The summed E-state index contributed by atoms with van der Waals surface area (Å²) in [5, 5.41) is 6.40. The molecule has 6 rings (SSSR count). The van der Waals surface area contributed by atoms with Gasteiger partial charge in [-0.3, -0.25) is 4.79 Å². The van der Waals surface area contributed by atoms with Crippen LogP contribution in [0.5, 0.6) is 0 Å². The number of benzene rings is 4. The van der Waals surface area contributed by atoms with Crippen LogP contribution in [0, 0.1) is 0 Å². The van der Waals surface area contributed by atoms with Gasteiger partial charge in [-0.1, -0.05) is 59.1 Å². The number of fused-ring (bicyclic) bond motifs is 2. The Morgan fingerprint density at radius 1 is 0.789 bits per heavy atom. The van der Waals surface area contributed by atoms with Gasteiger partial charge in [0.15, 0.2) is 5.58 Å². The predicted molar refractivity (Wildman–Crippen MR) is 154 cm³/mol. The summed E-state index contributed by atoms with van der Waals surface area (Å²) in [5.41, 5.74) is 3.37. The van der Waals surface area contributed by atoms with Crippen molar-refractivity contribution in [2.45, 2.75) is 0 Å². The number of nitrogens with zero attached hydrogens (tertiary/aromatic N) is 1. The van der Waals surface area contributed by atoms with Gasteiger partial charge < -0.3 is 14.2 Å². The molecule has 6 aromatic rings. The van der Waals surface area contributed by atoms with Gasteiger partial charge in [0.2, 0.25) is 11.8 Å². The Morgan fingerprint density at radius 2 is 1.63 bits per heavy atom. The van der Waals surface area contributed by atoms with Gasteiger partial charge in [0.1, 0.15) is 17.0 Å². The van der Waals surface area contributed by atoms with E-state index >= 15 is 0 Å². The first-order valence-corrected chi connectivity index (χ1v) is 12.7. The first-order chi connectivity index (χ1) is 18.4. The molecule has 0 atom stereocenters. The topological polar surface area (TPSA) is 68.3 Å². The van der Waals surface area contributed by atoms with Crippen LogP contribution in [0.3, 0.4) is 0 Å². The van der Waals surface area contributed by atoms with E-state index in [1.807, 2.05) is 36.4 Å². The van der Waals surface area contributed by atoms with E-state index in [0.29, 0.717) is 54.8 Å². The maximum atomic E-state index is 12.6. The van der Waals surface area contributed by atoms with Crippen molar-refractivity contribution < 1.29 is 13.6 Å². The van der Waals surface area contributed by atoms with E-state index in [4.69, 9.17) is 43.6 Å². The van der Waals surface area contributed by atoms with E-state index < -0.39 is 0 Å². The highest BCUT2D eigenvalue weighted by Crippen LogP contribution is 2.34. The molecule has 0 radical (unpaired) electrons. The van der Waals surface area contributed by atoms with Gasteiger partial charge in [-0.05, 0) is 72.1 Å². The molecule has 0 saturated heterocycles. The van der Waals surface area contributed by atoms with Crippen molar-refractivity contribution in [3.8, 4) is 22.8 Å². The number of carbonyl (C=O) groups is 1. The number of hydrogen-bond acceptors (Lipinski definition) is 4. The van der Waals surface area contributed by atoms with Gasteiger partial charge in [0, 0.05) is 38.3 Å². The lowest BCUT2D eigenvalue weighted by Crippen LogP contribution is -2.07. The summed E-state index contributed by atoms with van der Waals surface area (Å²) in [6.45, 7) is 0. The second-order valence-corrected chi connectivity index (χ2v) is 9.74. The van der Waals surface area contributed by atoms with Gasteiger partial charge in [-0.25, -0.2) is 4.98 Å². The van der Waals surface area contributed by atoms with Crippen molar-refractivity contribution in [3.63, 3.8) is 0 Å². The zero-order valence-electron chi connectivity index (χ0n) is 19.5. The van der Waals surface area contributed by atoms with Crippen molar-refractivity contribution in [1.29, 1.82) is 0 Å². The smallest absolute Gasteiger partial charge is 0.248 e. The first kappa shape index (κ1) is 24.3. The molecule has 2 heterocycles. The van der Waals surface area contributed by atoms with Crippen LogP contribution in [0.1, 0.15) is 5.76 Å². The number of oxazole rings is 1. The van der Waals surface area contributed by atoms with Crippen molar-refractivity contribution in [2.75, 3.05) is 5.32 Å². The van der Waals surface area contributed by atoms with E-state index in [2.05, 4.69) is 10.3 Å². The minimum atomic E-state index is -0.320. The number of hydrogen-bond donors (Lipinski definition) is 1. The maximum Gasteiger partial charge on any atom is 0.248 e. The largest absolute Gasteiger partial charge is 0.457 e. The van der Waals surface area contributed by atoms with E-state index in [-0.39, 0.29) is 5.91 Å². The fourth-order valence-corrected chi connectivity index (χ4v) is 4.94. The molecule has 5 nitrogen and oxygen atoms in total. The van der Waals surface area contributed by atoms with Gasteiger partial charge >= 0.3 is 0 Å². The first-order valence-electron chi connectivity index (χ1n) is 11.6. The normalized spacial score (nSPS) is 11.6. The number of nitrogens with one attached hydrogen (secondary N) is 1. The van der Waals surface area contributed by atoms with Crippen molar-refractivity contribution in [3.05, 3.63) is 112 Å². The van der Waals surface area contributed by atoms with Crippen LogP contribution in [0.25, 0.3) is 50.7 Å². The number of amides is 1. The molecule has 38 heavy (non-hydrogen) atoms. The van der Waals surface area contributed by atoms with Gasteiger partial charge in [-0.2, -0.15) is 0 Å². The van der Waals surface area contributed by atoms with Crippen molar-refractivity contribution in [2.24, 2.45) is 0 Å². The molecule has 0 aliphatic heterocycles. The number of furan rings is 1. The second kappa shape index (κ2) is 10.0. The minimum Gasteiger partial charge on any atom is -0.457 e. The van der Waals surface area contributed by atoms with Gasteiger partial charge in [0.25, 0.3) is 0 Å². The summed E-state index contributed by atoms with van der Waals surface area (Å²) in [4.78, 5) is 17.2. The number of rotatable bonds is 5. The quantitative estimate of drug-likeness (QED) is 0.214. The third-order valence-corrected chi connectivity index (χ3v) is 6.85. The van der Waals surface area contributed by atoms with E-state index in [1.54, 1.807) is 54.6 Å². The molecule has 0 aliphatic rings. The van der Waals surface area contributed by atoms with Crippen LogP contribution in [-0.4, -0.2) is 10.9 Å². The van der Waals surface area contributed by atoms with Gasteiger partial charge in [0.05, 0.1) is 5.02 Å². The number of carbonyl (C=O) groups excluding carboxylic acids is 1. The lowest BCUT2D eigenvalue weighted by atomic mass is 10.0. The molecule has 0 saturated carbocycles. The lowest BCUT2D eigenvalue weighted by Gasteiger charge is -2.04. The van der Waals surface area contributed by atoms with Crippen molar-refractivity contribution in [1.82, 2.24) is 4.98 Å². The molecule has 186 valence electrons. The Balaban J connectivity index is 1.20. The zero-order chi connectivity index (χ0) is 26.2. The van der Waals surface area contributed by atoms with Crippen LogP contribution < -0.4 is 5.32 Å². The minimum absolute atomic E-state index is 0.320. The van der Waals surface area contributed by atoms with E-state index in [1.165, 1.54) is 6.08 Å². The van der Waals surface area contributed by atoms with Crippen molar-refractivity contribution >= 4 is 74.3 Å². The number of halogens is 3. The second-order valence-electron chi connectivity index (χ2n) is 8.49. The molecule has 0 unspecified atom stereocenters. The molecule has 8 heteroatoms. The van der Waals surface area contributed by atoms with E-state index in [0.717, 1.165) is 16.3 Å². The molecule has 0 fully saturated rings. The van der Waals surface area contributed by atoms with Crippen LogP contribution >= 0.6 is 34.8 Å². The Hall–Kier alpha value is -4.03. The standard InChI is InChI=1S/C30H17Cl3N2O3/c31-17-7-11-23(25(33)15-17)27-13-9-19(37-27)10-14-29(36)34-18-8-12-28-26(16-18)35-30(38-28)22-5-1-4-21-20(22)3-2-6-24(21)32/h1-16H,(H,34,36)/b14-10+. The Morgan fingerprint density at radius 3 is 2.50 bits per heavy atom. The molecule has 1 amide bonds. The summed E-state index contributed by atoms with van der Waals surface area (Å²) in [5.74, 6) is 1.24. The Kier molecular flexibility index (Phi) is 6.42. The Bertz CT molecular complexity index is 1870. The highest BCUT2D eigenvalue weighted by Gasteiger charge is 2.13. The van der Waals surface area contributed by atoms with Crippen LogP contribution in [0.4, 0.5) is 5.69 Å². The molecule has 0 spiro atoms. The molecule has 2 aromatic heterocycles. The van der Waals surface area contributed by atoms with Crippen LogP contribution in [0.15, 0.2) is 99.8 Å². The summed E-state index contributed by atoms with van der Waals surface area (Å²) in [6.07, 6.45) is 2.98. The molecule has 1 N–H and O–H groups in total. The van der Waals surface area contributed by atoms with Gasteiger partial charge in [-0.15, -0.1) is 0 Å². The monoisotopic (exact) mass is 558 g/mol. The van der Waals surface area contributed by atoms with Crippen LogP contribution in [-0.2, 0) is 4.79 Å². The zero-order valence-corrected chi connectivity index (χ0v) is 21.8. The highest BCUT2D eigenvalue weighted by atomic mass is 35.5. The van der Waals surface area contributed by atoms with Crippen LogP contribution in [0.2, 0.25) is 15.1 Å². The summed E-state index contributed by atoms with van der Waals surface area (Å²) < 4.78 is 11.8. The molecular weight excluding hydrogens is 543 g/mol. The fraction of sp³-hybridized carbons (Fsp3) is 0. The van der Waals surface area contributed by atoms with E-state index in [9.17, 15) is 4.79 Å². The average molecular weight is 560 g/mol. The summed E-state index contributed by atoms with van der Waals surface area (Å²) in [6, 6.07) is 25.6. The summed E-state index contributed by atoms with van der Waals surface area (Å²) >= 11 is 18.6. The molecule has 0 aliphatic carbocycles. The summed E-state index contributed by atoms with van der Waals surface area (Å²) in [7, 11) is 0. The number of aromatic nitrogens is 1. The molecule has 0 bridgehead atoms. The Labute approximate surface area is 232 Å². The SMILES string of the molecule is O=C(/C=C/c1ccc(-c2ccc(Cl)cc2Cl)o1)Nc1ccc2oc(-c3cccc4c(Cl)cccc34)nc2c1. The number of anilines is 1. The average Bonchev–Trinajstić information content (AvgIpc) is 3.54. The highest BCUT2D eigenvalue weighted by molar-refractivity contribution is 6.36. The fourth-order valence-electron chi connectivity index (χ4n) is 4.20. The predicted octanol–water partition coefficient (Wildman–Crippen LogP) is 9.52. The lowest BCUT2D eigenvalue weighted by molar-refractivity contribution is -0.111. The third kappa shape index (κ3) is 4.79.